The van der Waals surface area contributed by atoms with Crippen LogP contribution in [-0.2, 0) is 10.0 Å². The first-order valence-corrected chi connectivity index (χ1v) is 9.46. The van der Waals surface area contributed by atoms with E-state index in [2.05, 4.69) is 34.2 Å². The lowest BCUT2D eigenvalue weighted by Crippen LogP contribution is -2.41. The molecular weight excluding hydrogens is 340 g/mol. The van der Waals surface area contributed by atoms with Crippen molar-refractivity contribution in [2.75, 3.05) is 31.2 Å². The van der Waals surface area contributed by atoms with Gasteiger partial charge in [-0.1, -0.05) is 22.0 Å². The highest BCUT2D eigenvalue weighted by molar-refractivity contribution is 9.10. The number of benzene rings is 1. The normalized spacial score (nSPS) is 20.9. The molecule has 4 nitrogen and oxygen atoms in total. The van der Waals surface area contributed by atoms with Crippen molar-refractivity contribution in [2.24, 2.45) is 5.92 Å². The molecule has 112 valence electrons. The summed E-state index contributed by atoms with van der Waals surface area (Å²) in [6.45, 7) is 4.16. The first-order valence-electron chi connectivity index (χ1n) is 6.82. The fourth-order valence-electron chi connectivity index (χ4n) is 2.55. The summed E-state index contributed by atoms with van der Waals surface area (Å²) in [7, 11) is -3.06. The van der Waals surface area contributed by atoms with Gasteiger partial charge in [0.15, 0.2) is 0 Å². The molecule has 1 fully saturated rings. The van der Waals surface area contributed by atoms with Gasteiger partial charge in [-0.3, -0.25) is 0 Å². The van der Waals surface area contributed by atoms with E-state index in [1.54, 1.807) is 4.31 Å². The van der Waals surface area contributed by atoms with E-state index in [1.807, 2.05) is 12.1 Å². The fourth-order valence-corrected chi connectivity index (χ4v) is 3.86. The molecule has 1 aliphatic rings. The number of nitrogens with one attached hydrogen (secondary N) is 1. The maximum Gasteiger partial charge on any atom is 0.211 e. The Labute approximate surface area is 129 Å². The molecule has 6 heteroatoms. The molecule has 20 heavy (non-hydrogen) atoms. The Bertz CT molecular complexity index is 575. The summed E-state index contributed by atoms with van der Waals surface area (Å²) in [5.74, 6) is 0.372. The van der Waals surface area contributed by atoms with Crippen molar-refractivity contribution in [2.45, 2.75) is 19.8 Å². The highest BCUT2D eigenvalue weighted by Crippen LogP contribution is 2.25. The average Bonchev–Trinajstić information content (AvgIpc) is 2.40. The average molecular weight is 361 g/mol. The molecule has 1 saturated heterocycles. The number of nitrogens with zero attached hydrogens (tertiary/aromatic N) is 1. The molecule has 0 saturated carbocycles. The molecule has 0 aromatic heterocycles. The fraction of sp³-hybridized carbons (Fsp3) is 0.571. The summed E-state index contributed by atoms with van der Waals surface area (Å²) in [5, 5.41) is 3.44. The number of sulfonamides is 1. The Morgan fingerprint density at radius 1 is 1.45 bits per heavy atom. The van der Waals surface area contributed by atoms with Gasteiger partial charge in [0.1, 0.15) is 0 Å². The van der Waals surface area contributed by atoms with Crippen LogP contribution in [-0.4, -0.2) is 38.6 Å². The van der Waals surface area contributed by atoms with Crippen molar-refractivity contribution in [1.29, 1.82) is 0 Å². The predicted octanol–water partition coefficient (Wildman–Crippen LogP) is 2.84. The molecule has 1 atom stereocenters. The number of piperidine rings is 1. The van der Waals surface area contributed by atoms with Gasteiger partial charge in [0, 0.05) is 29.8 Å². The summed E-state index contributed by atoms with van der Waals surface area (Å²) in [4.78, 5) is 0. The van der Waals surface area contributed by atoms with Gasteiger partial charge >= 0.3 is 0 Å². The van der Waals surface area contributed by atoms with E-state index in [9.17, 15) is 8.42 Å². The van der Waals surface area contributed by atoms with Gasteiger partial charge < -0.3 is 5.32 Å². The Balaban J connectivity index is 1.95. The number of halogens is 1. The first kappa shape index (κ1) is 15.8. The quantitative estimate of drug-likeness (QED) is 0.897. The third-order valence-electron chi connectivity index (χ3n) is 3.80. The molecular formula is C14H21BrN2O2S. The van der Waals surface area contributed by atoms with Crippen LogP contribution in [0, 0.1) is 12.8 Å². The highest BCUT2D eigenvalue weighted by atomic mass is 79.9. The molecule has 1 aliphatic heterocycles. The van der Waals surface area contributed by atoms with Gasteiger partial charge in [-0.25, -0.2) is 12.7 Å². The van der Waals surface area contributed by atoms with E-state index in [0.29, 0.717) is 19.0 Å². The van der Waals surface area contributed by atoms with Gasteiger partial charge in [0.25, 0.3) is 0 Å². The minimum absolute atomic E-state index is 0.372. The van der Waals surface area contributed by atoms with Crippen LogP contribution >= 0.6 is 15.9 Å². The number of hydrogen-bond acceptors (Lipinski definition) is 3. The zero-order valence-corrected chi connectivity index (χ0v) is 14.3. The predicted molar refractivity (Wildman–Crippen MR) is 86.5 cm³/mol. The zero-order valence-electron chi connectivity index (χ0n) is 11.9. The van der Waals surface area contributed by atoms with Crippen molar-refractivity contribution in [3.8, 4) is 0 Å². The first-order chi connectivity index (χ1) is 9.38. The van der Waals surface area contributed by atoms with Crippen LogP contribution < -0.4 is 5.32 Å². The summed E-state index contributed by atoms with van der Waals surface area (Å²) in [5.41, 5.74) is 2.29. The summed E-state index contributed by atoms with van der Waals surface area (Å²) in [6.07, 6.45) is 3.31. The van der Waals surface area contributed by atoms with Gasteiger partial charge in [-0.15, -0.1) is 0 Å². The summed E-state index contributed by atoms with van der Waals surface area (Å²) < 4.78 is 25.9. The molecule has 0 aliphatic carbocycles. The van der Waals surface area contributed by atoms with Crippen LogP contribution in [0.3, 0.4) is 0 Å². The Kier molecular flexibility index (Phi) is 5.09. The van der Waals surface area contributed by atoms with Crippen molar-refractivity contribution in [3.05, 3.63) is 28.2 Å². The second-order valence-corrected chi connectivity index (χ2v) is 8.26. The van der Waals surface area contributed by atoms with E-state index < -0.39 is 10.0 Å². The molecule has 1 N–H and O–H groups in total. The maximum absolute atomic E-state index is 11.6. The molecule has 1 aromatic carbocycles. The van der Waals surface area contributed by atoms with E-state index in [4.69, 9.17) is 0 Å². The Morgan fingerprint density at radius 3 is 2.90 bits per heavy atom. The van der Waals surface area contributed by atoms with Gasteiger partial charge in [-0.05, 0) is 43.4 Å². The highest BCUT2D eigenvalue weighted by Gasteiger charge is 2.25. The van der Waals surface area contributed by atoms with Crippen molar-refractivity contribution in [1.82, 2.24) is 4.31 Å². The number of rotatable bonds is 4. The molecule has 0 spiro atoms. The maximum atomic E-state index is 11.6. The van der Waals surface area contributed by atoms with E-state index in [0.717, 1.165) is 29.5 Å². The van der Waals surface area contributed by atoms with Crippen molar-refractivity contribution >= 4 is 31.6 Å². The molecule has 0 bridgehead atoms. The topological polar surface area (TPSA) is 49.4 Å². The van der Waals surface area contributed by atoms with E-state index >= 15 is 0 Å². The van der Waals surface area contributed by atoms with E-state index in [1.165, 1.54) is 11.8 Å². The van der Waals surface area contributed by atoms with Gasteiger partial charge in [0.05, 0.1) is 6.26 Å². The van der Waals surface area contributed by atoms with Crippen molar-refractivity contribution < 1.29 is 8.42 Å². The van der Waals surface area contributed by atoms with Gasteiger partial charge in [0.2, 0.25) is 10.0 Å². The van der Waals surface area contributed by atoms with E-state index in [-0.39, 0.29) is 0 Å². The standard InChI is InChI=1S/C14H21BrN2O2S/c1-11-13(15)6-3-7-14(11)16-9-12-5-4-8-17(10-12)20(2,18)19/h3,6-7,12,16H,4-5,8-10H2,1-2H3. The van der Waals surface area contributed by atoms with Crippen LogP contribution in [0.5, 0.6) is 0 Å². The molecule has 0 amide bonds. The number of anilines is 1. The van der Waals surface area contributed by atoms with Crippen LogP contribution in [0.15, 0.2) is 22.7 Å². The SMILES string of the molecule is Cc1c(Br)cccc1NCC1CCCN(S(C)(=O)=O)C1. The van der Waals surface area contributed by atoms with Gasteiger partial charge in [-0.2, -0.15) is 0 Å². The second-order valence-electron chi connectivity index (χ2n) is 5.42. The second kappa shape index (κ2) is 6.45. The van der Waals surface area contributed by atoms with Crippen LogP contribution in [0.4, 0.5) is 5.69 Å². The van der Waals surface area contributed by atoms with Crippen molar-refractivity contribution in [3.63, 3.8) is 0 Å². The minimum Gasteiger partial charge on any atom is -0.384 e. The third kappa shape index (κ3) is 3.96. The van der Waals surface area contributed by atoms with Crippen LogP contribution in [0.2, 0.25) is 0 Å². The number of hydrogen-bond donors (Lipinski definition) is 1. The molecule has 1 aromatic rings. The molecule has 1 heterocycles. The lowest BCUT2D eigenvalue weighted by Gasteiger charge is -2.31. The smallest absolute Gasteiger partial charge is 0.211 e. The Hall–Kier alpha value is -0.590. The molecule has 2 rings (SSSR count). The lowest BCUT2D eigenvalue weighted by molar-refractivity contribution is 0.277. The lowest BCUT2D eigenvalue weighted by atomic mass is 9.99. The zero-order chi connectivity index (χ0) is 14.8. The van der Waals surface area contributed by atoms with Crippen LogP contribution in [0.1, 0.15) is 18.4 Å². The minimum atomic E-state index is -3.06. The molecule has 1 unspecified atom stereocenters. The monoisotopic (exact) mass is 360 g/mol. The summed E-state index contributed by atoms with van der Waals surface area (Å²) in [6, 6.07) is 6.08. The summed E-state index contributed by atoms with van der Waals surface area (Å²) >= 11 is 3.52. The third-order valence-corrected chi connectivity index (χ3v) is 5.93. The molecule has 0 radical (unpaired) electrons. The van der Waals surface area contributed by atoms with Crippen LogP contribution in [0.25, 0.3) is 0 Å². The Morgan fingerprint density at radius 2 is 2.20 bits per heavy atom. The largest absolute Gasteiger partial charge is 0.384 e.